The molecule has 0 bridgehead atoms. The average Bonchev–Trinajstić information content (AvgIpc) is 3.23. The highest BCUT2D eigenvalue weighted by Crippen LogP contribution is 2.31. The molecule has 1 aliphatic rings. The third-order valence-corrected chi connectivity index (χ3v) is 12.9. The second kappa shape index (κ2) is 20.3. The molecule has 2 N–H and O–H groups in total. The summed E-state index contributed by atoms with van der Waals surface area (Å²) in [5.41, 5.74) is 4.42. The number of thioether (sulfide) groups is 1. The zero-order valence-corrected chi connectivity index (χ0v) is 35.8. The molecular formula is C44H50ClN7O5S2. The minimum atomic E-state index is -4.45. The summed E-state index contributed by atoms with van der Waals surface area (Å²) in [4.78, 5) is 34.5. The number of hydrogen-bond donors (Lipinski definition) is 2. The van der Waals surface area contributed by atoms with Gasteiger partial charge in [0, 0.05) is 91.4 Å². The molecule has 1 aliphatic heterocycles. The SMILES string of the molecule is CN(C)CCN(C)C[C@H](CSc1ccccc1)Nc1ccc(S(=O)(=O)NC(=O)c2ccc(N3CCN(Cc4ccccc4-c4ccc(Cl)cc4)CC3)cc2)cc1[N+](=O)[O-]. The van der Waals surface area contributed by atoms with Crippen molar-refractivity contribution in [3.63, 3.8) is 0 Å². The van der Waals surface area contributed by atoms with E-state index in [0.29, 0.717) is 17.3 Å². The Morgan fingerprint density at radius 1 is 0.864 bits per heavy atom. The van der Waals surface area contributed by atoms with Gasteiger partial charge in [-0.3, -0.25) is 19.8 Å². The minimum absolute atomic E-state index is 0.152. The lowest BCUT2D eigenvalue weighted by molar-refractivity contribution is -0.384. The second-order valence-corrected chi connectivity index (χ2v) is 18.1. The van der Waals surface area contributed by atoms with Crippen LogP contribution in [0.4, 0.5) is 17.1 Å². The molecule has 0 spiro atoms. The Hall–Kier alpha value is -4.96. The van der Waals surface area contributed by atoms with Gasteiger partial charge in [0.2, 0.25) is 0 Å². The van der Waals surface area contributed by atoms with Crippen LogP contribution in [-0.2, 0) is 16.6 Å². The third-order valence-electron chi connectivity index (χ3n) is 10.2. The van der Waals surface area contributed by atoms with Gasteiger partial charge in [0.05, 0.1) is 9.82 Å². The summed E-state index contributed by atoms with van der Waals surface area (Å²) in [6, 6.07) is 36.4. The van der Waals surface area contributed by atoms with E-state index in [1.54, 1.807) is 23.9 Å². The van der Waals surface area contributed by atoms with Crippen molar-refractivity contribution >= 4 is 56.4 Å². The average molecular weight is 857 g/mol. The number of hydrogen-bond acceptors (Lipinski definition) is 11. The molecule has 0 aliphatic carbocycles. The van der Waals surface area contributed by atoms with E-state index in [-0.39, 0.29) is 22.2 Å². The van der Waals surface area contributed by atoms with Crippen molar-refractivity contribution in [2.45, 2.75) is 22.4 Å². The van der Waals surface area contributed by atoms with E-state index < -0.39 is 26.5 Å². The highest BCUT2D eigenvalue weighted by atomic mass is 35.5. The number of sulfonamides is 1. The zero-order chi connectivity index (χ0) is 41.9. The fourth-order valence-corrected chi connectivity index (χ4v) is 8.95. The van der Waals surface area contributed by atoms with Gasteiger partial charge in [-0.1, -0.05) is 66.2 Å². The molecule has 1 atom stereocenters. The fraction of sp³-hybridized carbons (Fsp3) is 0.295. The van der Waals surface area contributed by atoms with E-state index in [9.17, 15) is 23.3 Å². The maximum Gasteiger partial charge on any atom is 0.293 e. The largest absolute Gasteiger partial charge is 0.375 e. The van der Waals surface area contributed by atoms with Crippen molar-refractivity contribution in [3.8, 4) is 11.1 Å². The Morgan fingerprint density at radius 2 is 1.54 bits per heavy atom. The van der Waals surface area contributed by atoms with Crippen LogP contribution in [0.15, 0.2) is 131 Å². The first-order valence-electron chi connectivity index (χ1n) is 19.4. The van der Waals surface area contributed by atoms with Gasteiger partial charge in [-0.15, -0.1) is 11.8 Å². The number of benzene rings is 5. The summed E-state index contributed by atoms with van der Waals surface area (Å²) in [7, 11) is 1.56. The van der Waals surface area contributed by atoms with E-state index >= 15 is 0 Å². The minimum Gasteiger partial charge on any atom is -0.375 e. The molecule has 59 heavy (non-hydrogen) atoms. The number of anilines is 2. The molecule has 15 heteroatoms. The number of carbonyl (C=O) groups excluding carboxylic acids is 1. The number of carbonyl (C=O) groups is 1. The van der Waals surface area contributed by atoms with Crippen molar-refractivity contribution in [2.24, 2.45) is 0 Å². The number of amides is 1. The lowest BCUT2D eigenvalue weighted by atomic mass is 9.99. The number of nitrogens with zero attached hydrogens (tertiary/aromatic N) is 5. The Bertz CT molecular complexity index is 2290. The summed E-state index contributed by atoms with van der Waals surface area (Å²) in [6.07, 6.45) is 0. The summed E-state index contributed by atoms with van der Waals surface area (Å²) in [6.45, 7) is 6.30. The number of nitrogens with one attached hydrogen (secondary N) is 2. The smallest absolute Gasteiger partial charge is 0.293 e. The van der Waals surface area contributed by atoms with Gasteiger partial charge >= 0.3 is 0 Å². The molecule has 0 radical (unpaired) electrons. The van der Waals surface area contributed by atoms with E-state index in [1.807, 2.05) is 93.9 Å². The molecule has 5 aromatic rings. The van der Waals surface area contributed by atoms with Crippen LogP contribution < -0.4 is 14.9 Å². The van der Waals surface area contributed by atoms with Crippen LogP contribution in [0.5, 0.6) is 0 Å². The molecule has 0 unspecified atom stereocenters. The first-order valence-corrected chi connectivity index (χ1v) is 22.2. The van der Waals surface area contributed by atoms with Crippen LogP contribution in [0.25, 0.3) is 11.1 Å². The number of nitro benzene ring substituents is 1. The van der Waals surface area contributed by atoms with Crippen LogP contribution in [0.1, 0.15) is 15.9 Å². The molecule has 1 fully saturated rings. The monoisotopic (exact) mass is 855 g/mol. The topological polar surface area (TPSA) is 131 Å². The van der Waals surface area contributed by atoms with Crippen molar-refractivity contribution < 1.29 is 18.1 Å². The number of piperazine rings is 1. The Labute approximate surface area is 356 Å². The van der Waals surface area contributed by atoms with Crippen LogP contribution in [0.2, 0.25) is 5.02 Å². The van der Waals surface area contributed by atoms with Gasteiger partial charge in [0.15, 0.2) is 0 Å². The molecule has 12 nitrogen and oxygen atoms in total. The van der Waals surface area contributed by atoms with Crippen LogP contribution in [0.3, 0.4) is 0 Å². The third kappa shape index (κ3) is 12.3. The quantitative estimate of drug-likeness (QED) is 0.0519. The standard InChI is InChI=1S/C44H50ClN7O5S2/c1-48(2)23-24-49(3)31-37(32-58-39-10-5-4-6-11-39)46-42-22-21-40(29-43(42)52(54)55)59(56,57)47-44(53)34-15-19-38(20-16-34)51-27-25-50(26-28-51)30-35-9-7-8-12-41(35)33-13-17-36(45)18-14-33/h4-22,29,37,46H,23-28,30-32H2,1-3H3,(H,47,53)/t37-/m1/s1. The molecule has 5 aromatic carbocycles. The van der Waals surface area contributed by atoms with Gasteiger partial charge in [-0.05, 0) is 98.5 Å². The number of halogens is 1. The number of nitro groups is 1. The summed E-state index contributed by atoms with van der Waals surface area (Å²) in [5, 5.41) is 16.3. The Morgan fingerprint density at radius 3 is 2.22 bits per heavy atom. The predicted octanol–water partition coefficient (Wildman–Crippen LogP) is 7.42. The Kier molecular flexibility index (Phi) is 15.0. The molecule has 0 saturated carbocycles. The molecule has 1 saturated heterocycles. The molecule has 0 aromatic heterocycles. The van der Waals surface area contributed by atoms with Gasteiger partial charge in [0.1, 0.15) is 5.69 Å². The zero-order valence-electron chi connectivity index (χ0n) is 33.5. The van der Waals surface area contributed by atoms with E-state index in [2.05, 4.69) is 47.8 Å². The predicted molar refractivity (Wildman–Crippen MR) is 239 cm³/mol. The number of likely N-dealkylation sites (N-methyl/N-ethyl adjacent to an activating group) is 2. The van der Waals surface area contributed by atoms with E-state index in [1.165, 1.54) is 23.3 Å². The van der Waals surface area contributed by atoms with E-state index in [4.69, 9.17) is 11.6 Å². The van der Waals surface area contributed by atoms with Crippen molar-refractivity contribution in [1.82, 2.24) is 19.4 Å². The lowest BCUT2D eigenvalue weighted by Gasteiger charge is -2.36. The first kappa shape index (κ1) is 43.6. The highest BCUT2D eigenvalue weighted by molar-refractivity contribution is 7.99. The molecule has 1 heterocycles. The summed E-state index contributed by atoms with van der Waals surface area (Å²) >= 11 is 7.75. The van der Waals surface area contributed by atoms with Crippen molar-refractivity contribution in [3.05, 3.63) is 148 Å². The van der Waals surface area contributed by atoms with Crippen LogP contribution >= 0.6 is 23.4 Å². The number of rotatable bonds is 18. The van der Waals surface area contributed by atoms with Crippen LogP contribution in [-0.4, -0.2) is 113 Å². The first-order chi connectivity index (χ1) is 28.3. The molecule has 6 rings (SSSR count). The molecular weight excluding hydrogens is 806 g/mol. The second-order valence-electron chi connectivity index (χ2n) is 14.9. The molecule has 1 amide bonds. The maximum absolute atomic E-state index is 13.4. The fourth-order valence-electron chi connectivity index (χ4n) is 6.90. The van der Waals surface area contributed by atoms with Crippen molar-refractivity contribution in [1.29, 1.82) is 0 Å². The lowest BCUT2D eigenvalue weighted by Crippen LogP contribution is -2.46. The highest BCUT2D eigenvalue weighted by Gasteiger charge is 2.26. The van der Waals surface area contributed by atoms with E-state index in [0.717, 1.165) is 68.0 Å². The summed E-state index contributed by atoms with van der Waals surface area (Å²) < 4.78 is 29.0. The van der Waals surface area contributed by atoms with Gasteiger partial charge in [-0.25, -0.2) is 13.1 Å². The van der Waals surface area contributed by atoms with Crippen molar-refractivity contribution in [2.75, 3.05) is 82.9 Å². The van der Waals surface area contributed by atoms with Gasteiger partial charge < -0.3 is 20.0 Å². The summed E-state index contributed by atoms with van der Waals surface area (Å²) in [5.74, 6) is -0.219. The normalized spacial score (nSPS) is 14.0. The Balaban J connectivity index is 1.07. The maximum atomic E-state index is 13.4. The van der Waals surface area contributed by atoms with Gasteiger partial charge in [-0.2, -0.15) is 0 Å². The molecule has 310 valence electrons. The van der Waals surface area contributed by atoms with Crippen LogP contribution in [0, 0.1) is 10.1 Å². The van der Waals surface area contributed by atoms with Gasteiger partial charge in [0.25, 0.3) is 21.6 Å².